The second-order valence-electron chi connectivity index (χ2n) is 10.3. The fourth-order valence-corrected chi connectivity index (χ4v) is 5.25. The summed E-state index contributed by atoms with van der Waals surface area (Å²) in [5, 5.41) is 6.38. The summed E-state index contributed by atoms with van der Waals surface area (Å²) in [7, 11) is 0. The topological polar surface area (TPSA) is 61.4 Å². The van der Waals surface area contributed by atoms with Crippen molar-refractivity contribution in [1.29, 1.82) is 0 Å². The Morgan fingerprint density at radius 1 is 0.853 bits per heavy atom. The van der Waals surface area contributed by atoms with E-state index in [0.29, 0.717) is 12.3 Å². The Balaban J connectivity index is 1.32. The van der Waals surface area contributed by atoms with Crippen molar-refractivity contribution in [2.75, 3.05) is 13.1 Å². The largest absolute Gasteiger partial charge is 0.351 e. The van der Waals surface area contributed by atoms with Crippen LogP contribution >= 0.6 is 0 Å². The van der Waals surface area contributed by atoms with Gasteiger partial charge >= 0.3 is 0 Å². The normalized spacial score (nSPS) is 22.6. The first kappa shape index (κ1) is 24.5. The molecule has 1 saturated carbocycles. The van der Waals surface area contributed by atoms with Crippen molar-refractivity contribution in [2.45, 2.75) is 70.5 Å². The summed E-state index contributed by atoms with van der Waals surface area (Å²) in [6, 6.07) is 20.2. The number of piperidine rings is 1. The summed E-state index contributed by atoms with van der Waals surface area (Å²) in [5.41, 5.74) is 2.39. The molecule has 2 N–H and O–H groups in total. The molecule has 2 aliphatic rings. The van der Waals surface area contributed by atoms with Crippen molar-refractivity contribution in [3.05, 3.63) is 71.8 Å². The third-order valence-electron chi connectivity index (χ3n) is 7.49. The number of nitrogens with zero attached hydrogens (tertiary/aromatic N) is 1. The van der Waals surface area contributed by atoms with Crippen molar-refractivity contribution in [2.24, 2.45) is 11.8 Å². The summed E-state index contributed by atoms with van der Waals surface area (Å²) < 4.78 is 0. The average molecular weight is 462 g/mol. The molecule has 0 radical (unpaired) electrons. The van der Waals surface area contributed by atoms with Crippen LogP contribution in [0.3, 0.4) is 0 Å². The summed E-state index contributed by atoms with van der Waals surface area (Å²) >= 11 is 0. The molecule has 5 nitrogen and oxygen atoms in total. The zero-order valence-corrected chi connectivity index (χ0v) is 20.4. The van der Waals surface area contributed by atoms with Gasteiger partial charge < -0.3 is 10.6 Å². The molecule has 1 aliphatic carbocycles. The fraction of sp³-hybridized carbons (Fsp3) is 0.517. The molecule has 2 amide bonds. The van der Waals surface area contributed by atoms with E-state index >= 15 is 0 Å². The molecular weight excluding hydrogens is 422 g/mol. The lowest BCUT2D eigenvalue weighted by molar-refractivity contribution is -0.132. The van der Waals surface area contributed by atoms with Crippen LogP contribution in [0.15, 0.2) is 60.7 Å². The highest BCUT2D eigenvalue weighted by atomic mass is 16.2. The first-order chi connectivity index (χ1) is 16.6. The monoisotopic (exact) mass is 461 g/mol. The van der Waals surface area contributed by atoms with Gasteiger partial charge in [-0.25, -0.2) is 0 Å². The highest BCUT2D eigenvalue weighted by molar-refractivity contribution is 5.89. The predicted octanol–water partition coefficient (Wildman–Crippen LogP) is 4.32. The van der Waals surface area contributed by atoms with Crippen LogP contribution in [0, 0.1) is 11.8 Å². The molecule has 182 valence electrons. The Bertz CT molecular complexity index is 901. The van der Waals surface area contributed by atoms with Gasteiger partial charge in [0, 0.05) is 38.0 Å². The van der Waals surface area contributed by atoms with Crippen LogP contribution in [0.5, 0.6) is 0 Å². The van der Waals surface area contributed by atoms with E-state index in [9.17, 15) is 9.59 Å². The van der Waals surface area contributed by atoms with E-state index in [0.717, 1.165) is 63.7 Å². The summed E-state index contributed by atoms with van der Waals surface area (Å²) in [6.07, 6.45) is 6.42. The molecule has 0 aromatic heterocycles. The maximum absolute atomic E-state index is 13.3. The predicted molar refractivity (Wildman–Crippen MR) is 136 cm³/mol. The van der Waals surface area contributed by atoms with Crippen LogP contribution in [0.25, 0.3) is 0 Å². The van der Waals surface area contributed by atoms with E-state index in [2.05, 4.69) is 46.7 Å². The number of nitrogens with one attached hydrogen (secondary N) is 2. The minimum absolute atomic E-state index is 0.0310. The van der Waals surface area contributed by atoms with E-state index in [4.69, 9.17) is 0 Å². The second-order valence-corrected chi connectivity index (χ2v) is 10.3. The third-order valence-corrected chi connectivity index (χ3v) is 7.49. The Morgan fingerprint density at radius 2 is 1.44 bits per heavy atom. The molecular formula is C29H39N3O2. The highest BCUT2D eigenvalue weighted by Gasteiger charge is 2.30. The molecule has 0 spiro atoms. The van der Waals surface area contributed by atoms with Gasteiger partial charge in [-0.3, -0.25) is 14.5 Å². The summed E-state index contributed by atoms with van der Waals surface area (Å²) in [5.74, 6) is 0.715. The minimum atomic E-state index is -0.531. The van der Waals surface area contributed by atoms with Gasteiger partial charge in [0.1, 0.15) is 6.04 Å². The van der Waals surface area contributed by atoms with E-state index < -0.39 is 6.04 Å². The lowest BCUT2D eigenvalue weighted by atomic mass is 9.82. The molecule has 2 aromatic carbocycles. The van der Waals surface area contributed by atoms with Crippen molar-refractivity contribution in [1.82, 2.24) is 15.5 Å². The van der Waals surface area contributed by atoms with Gasteiger partial charge in [-0.2, -0.15) is 0 Å². The Morgan fingerprint density at radius 3 is 2.06 bits per heavy atom. The van der Waals surface area contributed by atoms with Gasteiger partial charge in [0.25, 0.3) is 0 Å². The molecule has 0 unspecified atom stereocenters. The summed E-state index contributed by atoms with van der Waals surface area (Å²) in [6.45, 7) is 5.14. The third kappa shape index (κ3) is 7.17. The molecule has 1 heterocycles. The van der Waals surface area contributed by atoms with Crippen LogP contribution in [-0.4, -0.2) is 41.9 Å². The Hall–Kier alpha value is -2.66. The lowest BCUT2D eigenvalue weighted by Gasteiger charge is -2.33. The Labute approximate surface area is 204 Å². The fourth-order valence-electron chi connectivity index (χ4n) is 5.25. The van der Waals surface area contributed by atoms with E-state index in [1.807, 2.05) is 36.4 Å². The quantitative estimate of drug-likeness (QED) is 0.615. The van der Waals surface area contributed by atoms with E-state index in [-0.39, 0.29) is 23.8 Å². The number of likely N-dealkylation sites (tertiary alicyclic amines) is 1. The van der Waals surface area contributed by atoms with Gasteiger partial charge in [-0.15, -0.1) is 0 Å². The van der Waals surface area contributed by atoms with Crippen LogP contribution in [0.1, 0.15) is 56.6 Å². The van der Waals surface area contributed by atoms with Crippen molar-refractivity contribution in [3.63, 3.8) is 0 Å². The SMILES string of the molecule is CC1CCC(C(=O)N[C@@H](Cc2ccccc2)C(=O)NC2CCN(Cc3ccccc3)CC2)CC1. The lowest BCUT2D eigenvalue weighted by Crippen LogP contribution is -2.53. The van der Waals surface area contributed by atoms with Gasteiger partial charge in [-0.1, -0.05) is 67.6 Å². The zero-order chi connectivity index (χ0) is 23.8. The molecule has 4 rings (SSSR count). The molecule has 34 heavy (non-hydrogen) atoms. The molecule has 2 aromatic rings. The van der Waals surface area contributed by atoms with Crippen molar-refractivity contribution in [3.8, 4) is 0 Å². The first-order valence-electron chi connectivity index (χ1n) is 13.0. The standard InChI is InChI=1S/C29H39N3O2/c1-22-12-14-25(15-13-22)28(33)31-27(20-23-8-4-2-5-9-23)29(34)30-26-16-18-32(19-17-26)21-24-10-6-3-7-11-24/h2-11,22,25-27H,12-21H2,1H3,(H,30,34)(H,31,33)/t22?,25?,27-/m0/s1. The number of hydrogen-bond donors (Lipinski definition) is 2. The smallest absolute Gasteiger partial charge is 0.243 e. The first-order valence-corrected chi connectivity index (χ1v) is 13.0. The van der Waals surface area contributed by atoms with E-state index in [1.165, 1.54) is 5.56 Å². The number of rotatable bonds is 8. The average Bonchev–Trinajstić information content (AvgIpc) is 2.86. The highest BCUT2D eigenvalue weighted by Crippen LogP contribution is 2.28. The van der Waals surface area contributed by atoms with Crippen LogP contribution in [-0.2, 0) is 22.6 Å². The van der Waals surface area contributed by atoms with Crippen molar-refractivity contribution < 1.29 is 9.59 Å². The number of carbonyl (C=O) groups is 2. The number of carbonyl (C=O) groups excluding carboxylic acids is 2. The zero-order valence-electron chi connectivity index (χ0n) is 20.4. The van der Waals surface area contributed by atoms with Crippen LogP contribution < -0.4 is 10.6 Å². The van der Waals surface area contributed by atoms with Crippen LogP contribution in [0.4, 0.5) is 0 Å². The maximum atomic E-state index is 13.3. The molecule has 1 atom stereocenters. The summed E-state index contributed by atoms with van der Waals surface area (Å²) in [4.78, 5) is 28.8. The molecule has 5 heteroatoms. The molecule has 0 bridgehead atoms. The molecule has 2 fully saturated rings. The van der Waals surface area contributed by atoms with Gasteiger partial charge in [0.2, 0.25) is 11.8 Å². The number of amides is 2. The van der Waals surface area contributed by atoms with Crippen molar-refractivity contribution >= 4 is 11.8 Å². The van der Waals surface area contributed by atoms with Crippen LogP contribution in [0.2, 0.25) is 0 Å². The van der Waals surface area contributed by atoms with Gasteiger partial charge in [0.15, 0.2) is 0 Å². The molecule has 1 saturated heterocycles. The number of hydrogen-bond acceptors (Lipinski definition) is 3. The minimum Gasteiger partial charge on any atom is -0.351 e. The van der Waals surface area contributed by atoms with Gasteiger partial charge in [-0.05, 0) is 55.6 Å². The molecule has 1 aliphatic heterocycles. The number of benzene rings is 2. The van der Waals surface area contributed by atoms with E-state index in [1.54, 1.807) is 0 Å². The Kier molecular flexibility index (Phi) is 8.75. The van der Waals surface area contributed by atoms with Gasteiger partial charge in [0.05, 0.1) is 0 Å². The maximum Gasteiger partial charge on any atom is 0.243 e. The second kappa shape index (κ2) is 12.2.